The van der Waals surface area contributed by atoms with E-state index in [1.165, 1.54) is 11.8 Å². The Morgan fingerprint density at radius 3 is 3.15 bits per heavy atom. The first kappa shape index (κ1) is 8.84. The molecular formula is C9H11NO2S. The van der Waals surface area contributed by atoms with Crippen LogP contribution in [0.1, 0.15) is 6.42 Å². The van der Waals surface area contributed by atoms with E-state index in [2.05, 4.69) is 0 Å². The van der Waals surface area contributed by atoms with Crippen molar-refractivity contribution in [3.63, 3.8) is 0 Å². The van der Waals surface area contributed by atoms with Gasteiger partial charge < -0.3 is 10.8 Å². The van der Waals surface area contributed by atoms with Crippen molar-refractivity contribution in [3.8, 4) is 0 Å². The maximum atomic E-state index is 10.9. The lowest BCUT2D eigenvalue weighted by Gasteiger charge is -2.17. The van der Waals surface area contributed by atoms with E-state index in [1.807, 2.05) is 18.2 Å². The zero-order valence-corrected chi connectivity index (χ0v) is 7.83. The second-order valence-electron chi connectivity index (χ2n) is 3.29. The monoisotopic (exact) mass is 197 g/mol. The zero-order chi connectivity index (χ0) is 9.42. The largest absolute Gasteiger partial charge is 0.481 e. The Morgan fingerprint density at radius 1 is 1.69 bits per heavy atom. The lowest BCUT2D eigenvalue weighted by Crippen LogP contribution is -2.32. The number of fused-ring (bicyclic) bond motifs is 1. The molecule has 70 valence electrons. The predicted molar refractivity (Wildman–Crippen MR) is 52.0 cm³/mol. The number of hydrogen-bond acceptors (Lipinski definition) is 3. The van der Waals surface area contributed by atoms with Gasteiger partial charge in [0.25, 0.3) is 0 Å². The molecule has 3 atom stereocenters. The Bertz CT molecular complexity index is 298. The highest BCUT2D eigenvalue weighted by atomic mass is 32.2. The second-order valence-corrected chi connectivity index (χ2v) is 4.54. The Kier molecular flexibility index (Phi) is 2.17. The van der Waals surface area contributed by atoms with Crippen LogP contribution in [-0.4, -0.2) is 16.4 Å². The minimum Gasteiger partial charge on any atom is -0.481 e. The number of rotatable bonds is 1. The molecule has 2 aliphatic rings. The van der Waals surface area contributed by atoms with Crippen molar-refractivity contribution >= 4 is 17.7 Å². The van der Waals surface area contributed by atoms with Gasteiger partial charge >= 0.3 is 5.97 Å². The van der Waals surface area contributed by atoms with Gasteiger partial charge in [0, 0.05) is 5.92 Å². The van der Waals surface area contributed by atoms with Crippen LogP contribution in [0.3, 0.4) is 0 Å². The third kappa shape index (κ3) is 1.40. The lowest BCUT2D eigenvalue weighted by molar-refractivity contribution is -0.142. The molecule has 2 rings (SSSR count). The molecule has 1 aliphatic carbocycles. The summed E-state index contributed by atoms with van der Waals surface area (Å²) in [6, 6.07) is 0. The van der Waals surface area contributed by atoms with Crippen molar-refractivity contribution in [1.82, 2.24) is 0 Å². The lowest BCUT2D eigenvalue weighted by atomic mass is 9.87. The fourth-order valence-corrected chi connectivity index (χ4v) is 3.19. The smallest absolute Gasteiger partial charge is 0.309 e. The molecule has 3 nitrogen and oxygen atoms in total. The van der Waals surface area contributed by atoms with Crippen LogP contribution in [0.15, 0.2) is 23.1 Å². The summed E-state index contributed by atoms with van der Waals surface area (Å²) < 4.78 is 0. The van der Waals surface area contributed by atoms with Crippen molar-refractivity contribution in [3.05, 3.63) is 23.1 Å². The van der Waals surface area contributed by atoms with Gasteiger partial charge in [-0.05, 0) is 11.3 Å². The minimum atomic E-state index is -0.774. The van der Waals surface area contributed by atoms with Crippen LogP contribution in [0, 0.1) is 11.8 Å². The number of aliphatic carboxylic acids is 1. The van der Waals surface area contributed by atoms with Gasteiger partial charge in [-0.1, -0.05) is 18.2 Å². The first-order valence-electron chi connectivity index (χ1n) is 4.22. The van der Waals surface area contributed by atoms with Crippen LogP contribution < -0.4 is 5.73 Å². The standard InChI is InChI=1S/C9H11NO2S/c10-8-7(9(11)12)5-3-1-2-4-6(5)13-8/h1-2,4-5,7-8H,3,10H2,(H,11,12). The molecule has 0 bridgehead atoms. The molecule has 13 heavy (non-hydrogen) atoms. The number of carboxylic acid groups (broad SMARTS) is 1. The van der Waals surface area contributed by atoms with E-state index in [9.17, 15) is 4.79 Å². The molecule has 0 aromatic heterocycles. The van der Waals surface area contributed by atoms with E-state index < -0.39 is 11.9 Å². The minimum absolute atomic E-state index is 0.113. The van der Waals surface area contributed by atoms with E-state index in [4.69, 9.17) is 10.8 Å². The number of allylic oxidation sites excluding steroid dienone is 4. The molecule has 3 N–H and O–H groups in total. The van der Waals surface area contributed by atoms with Gasteiger partial charge in [-0.3, -0.25) is 4.79 Å². The van der Waals surface area contributed by atoms with E-state index in [-0.39, 0.29) is 11.3 Å². The molecule has 0 aromatic rings. The van der Waals surface area contributed by atoms with E-state index in [0.717, 1.165) is 11.3 Å². The predicted octanol–water partition coefficient (Wildman–Crippen LogP) is 1.18. The summed E-state index contributed by atoms with van der Waals surface area (Å²) in [5, 5.41) is 8.69. The average Bonchev–Trinajstić information content (AvgIpc) is 2.39. The Labute approximate surface area is 80.7 Å². The van der Waals surface area contributed by atoms with E-state index in [0.29, 0.717) is 0 Å². The van der Waals surface area contributed by atoms with Gasteiger partial charge in [0.05, 0.1) is 11.3 Å². The number of carboxylic acids is 1. The summed E-state index contributed by atoms with van der Waals surface area (Å²) in [4.78, 5) is 12.0. The number of hydrogen-bond donors (Lipinski definition) is 2. The molecule has 1 fully saturated rings. The molecule has 0 saturated carbocycles. The van der Waals surface area contributed by atoms with Gasteiger partial charge in [-0.2, -0.15) is 0 Å². The van der Waals surface area contributed by atoms with Crippen LogP contribution in [0.5, 0.6) is 0 Å². The molecule has 0 spiro atoms. The van der Waals surface area contributed by atoms with Crippen LogP contribution in [-0.2, 0) is 4.79 Å². The highest BCUT2D eigenvalue weighted by Gasteiger charge is 2.42. The highest BCUT2D eigenvalue weighted by Crippen LogP contribution is 2.47. The van der Waals surface area contributed by atoms with Gasteiger partial charge in [0.2, 0.25) is 0 Å². The molecule has 1 saturated heterocycles. The molecule has 0 aromatic carbocycles. The fraction of sp³-hybridized carbons (Fsp3) is 0.444. The van der Waals surface area contributed by atoms with Gasteiger partial charge in [0.1, 0.15) is 0 Å². The Balaban J connectivity index is 2.27. The van der Waals surface area contributed by atoms with Gasteiger partial charge in [-0.15, -0.1) is 11.8 Å². The average molecular weight is 197 g/mol. The van der Waals surface area contributed by atoms with Crippen molar-refractivity contribution in [2.24, 2.45) is 17.6 Å². The molecule has 1 aliphatic heterocycles. The maximum Gasteiger partial charge on any atom is 0.309 e. The van der Waals surface area contributed by atoms with Crippen LogP contribution in [0.2, 0.25) is 0 Å². The summed E-state index contributed by atoms with van der Waals surface area (Å²) in [6.45, 7) is 0. The topological polar surface area (TPSA) is 63.3 Å². The molecule has 0 amide bonds. The summed E-state index contributed by atoms with van der Waals surface area (Å²) in [7, 11) is 0. The fourth-order valence-electron chi connectivity index (χ4n) is 1.85. The molecular weight excluding hydrogens is 186 g/mol. The SMILES string of the molecule is NC1SC2=CC=CCC2C1C(=O)O. The summed E-state index contributed by atoms with van der Waals surface area (Å²) in [6.07, 6.45) is 6.75. The Hall–Kier alpha value is -0.740. The molecule has 3 unspecified atom stereocenters. The van der Waals surface area contributed by atoms with Gasteiger partial charge in [-0.25, -0.2) is 0 Å². The van der Waals surface area contributed by atoms with Crippen molar-refractivity contribution < 1.29 is 9.90 Å². The highest BCUT2D eigenvalue weighted by molar-refractivity contribution is 8.04. The quantitative estimate of drug-likeness (QED) is 0.662. The summed E-state index contributed by atoms with van der Waals surface area (Å²) in [5.74, 6) is -1.08. The molecule has 0 radical (unpaired) electrons. The molecule has 4 heteroatoms. The first-order chi connectivity index (χ1) is 6.20. The number of thioether (sulfide) groups is 1. The van der Waals surface area contributed by atoms with Crippen LogP contribution >= 0.6 is 11.8 Å². The normalized spacial score (nSPS) is 37.0. The van der Waals surface area contributed by atoms with Crippen molar-refractivity contribution in [2.45, 2.75) is 11.8 Å². The third-order valence-corrected chi connectivity index (χ3v) is 3.77. The summed E-state index contributed by atoms with van der Waals surface area (Å²) in [5.41, 5.74) is 5.75. The zero-order valence-electron chi connectivity index (χ0n) is 7.01. The van der Waals surface area contributed by atoms with E-state index >= 15 is 0 Å². The maximum absolute atomic E-state index is 10.9. The summed E-state index contributed by atoms with van der Waals surface area (Å²) >= 11 is 1.49. The number of carbonyl (C=O) groups is 1. The number of nitrogens with two attached hydrogens (primary N) is 1. The van der Waals surface area contributed by atoms with Crippen molar-refractivity contribution in [1.29, 1.82) is 0 Å². The first-order valence-corrected chi connectivity index (χ1v) is 5.10. The van der Waals surface area contributed by atoms with Crippen molar-refractivity contribution in [2.75, 3.05) is 0 Å². The van der Waals surface area contributed by atoms with Crippen LogP contribution in [0.25, 0.3) is 0 Å². The van der Waals surface area contributed by atoms with E-state index in [1.54, 1.807) is 0 Å². The third-order valence-electron chi connectivity index (χ3n) is 2.50. The van der Waals surface area contributed by atoms with Crippen LogP contribution in [0.4, 0.5) is 0 Å². The van der Waals surface area contributed by atoms with Gasteiger partial charge in [0.15, 0.2) is 0 Å². The molecule has 1 heterocycles. The second kappa shape index (κ2) is 3.20. The Morgan fingerprint density at radius 2 is 2.46 bits per heavy atom.